The number of nitrogens with one attached hydrogen (secondary N) is 1. The summed E-state index contributed by atoms with van der Waals surface area (Å²) in [4.78, 5) is 25.3. The summed E-state index contributed by atoms with van der Waals surface area (Å²) in [6.07, 6.45) is 0.903. The van der Waals surface area contributed by atoms with Crippen LogP contribution in [0, 0.1) is 11.8 Å². The molecular weight excluding hydrogens is 320 g/mol. The van der Waals surface area contributed by atoms with Crippen molar-refractivity contribution in [1.82, 2.24) is 10.2 Å². The minimum Gasteiger partial charge on any atom is -0.480 e. The smallest absolute Gasteiger partial charge is 0.320 e. The molecule has 1 fully saturated rings. The zero-order chi connectivity index (χ0) is 17.8. The topological polar surface area (TPSA) is 104 Å². The molecule has 1 aliphatic rings. The predicted octanol–water partition coefficient (Wildman–Crippen LogP) is 0.357. The molecule has 0 spiro atoms. The maximum atomic E-state index is 12.7. The highest BCUT2D eigenvalue weighted by Gasteiger charge is 2.36. The van der Waals surface area contributed by atoms with Gasteiger partial charge in [-0.15, -0.1) is 0 Å². The van der Waals surface area contributed by atoms with E-state index in [1.54, 1.807) is 14.0 Å². The van der Waals surface area contributed by atoms with Crippen molar-refractivity contribution in [1.29, 1.82) is 0 Å². The van der Waals surface area contributed by atoms with E-state index in [4.69, 9.17) is 5.11 Å². The molecule has 1 rings (SSSR count). The highest BCUT2D eigenvalue weighted by molar-refractivity contribution is 7.91. The number of carboxylic acid groups (broad SMARTS) is 1. The van der Waals surface area contributed by atoms with E-state index >= 15 is 0 Å². The lowest BCUT2D eigenvalue weighted by Gasteiger charge is -2.30. The second-order valence-electron chi connectivity index (χ2n) is 6.56. The van der Waals surface area contributed by atoms with Crippen LogP contribution in [0.5, 0.6) is 0 Å². The summed E-state index contributed by atoms with van der Waals surface area (Å²) in [6, 6.07) is -0.962. The molecule has 3 atom stereocenters. The molecule has 8 heteroatoms. The van der Waals surface area contributed by atoms with E-state index in [-0.39, 0.29) is 41.8 Å². The van der Waals surface area contributed by atoms with Crippen LogP contribution in [0.1, 0.15) is 33.6 Å². The number of hydrogen-bond acceptors (Lipinski definition) is 5. The van der Waals surface area contributed by atoms with E-state index < -0.39 is 21.8 Å². The molecule has 1 saturated heterocycles. The van der Waals surface area contributed by atoms with E-state index in [0.717, 1.165) is 0 Å². The number of carbonyl (C=O) groups excluding carboxylic acids is 1. The number of aliphatic carboxylic acids is 1. The summed E-state index contributed by atoms with van der Waals surface area (Å²) in [7, 11) is -1.41. The van der Waals surface area contributed by atoms with Crippen molar-refractivity contribution < 1.29 is 23.1 Å². The van der Waals surface area contributed by atoms with Gasteiger partial charge in [-0.05, 0) is 18.8 Å². The van der Waals surface area contributed by atoms with Gasteiger partial charge < -0.3 is 15.3 Å². The van der Waals surface area contributed by atoms with Gasteiger partial charge in [-0.2, -0.15) is 0 Å². The second-order valence-corrected chi connectivity index (χ2v) is 8.79. The Balaban J connectivity index is 2.73. The van der Waals surface area contributed by atoms with Gasteiger partial charge in [0.25, 0.3) is 0 Å². The van der Waals surface area contributed by atoms with Gasteiger partial charge >= 0.3 is 5.97 Å². The Morgan fingerprint density at radius 1 is 1.35 bits per heavy atom. The summed E-state index contributed by atoms with van der Waals surface area (Å²) < 4.78 is 23.2. The number of sulfone groups is 1. The van der Waals surface area contributed by atoms with Crippen LogP contribution in [0.4, 0.5) is 0 Å². The fourth-order valence-electron chi connectivity index (χ4n) is 2.81. The van der Waals surface area contributed by atoms with Crippen molar-refractivity contribution in [2.75, 3.05) is 25.1 Å². The van der Waals surface area contributed by atoms with Crippen molar-refractivity contribution in [3.63, 3.8) is 0 Å². The van der Waals surface area contributed by atoms with Crippen molar-refractivity contribution in [3.8, 4) is 0 Å². The van der Waals surface area contributed by atoms with Crippen LogP contribution in [0.15, 0.2) is 0 Å². The molecule has 0 aromatic carbocycles. The monoisotopic (exact) mass is 348 g/mol. The molecule has 1 amide bonds. The minimum absolute atomic E-state index is 0.0141. The van der Waals surface area contributed by atoms with E-state index in [1.807, 2.05) is 13.8 Å². The van der Waals surface area contributed by atoms with Crippen LogP contribution < -0.4 is 5.32 Å². The Kier molecular flexibility index (Phi) is 7.01. The van der Waals surface area contributed by atoms with E-state index in [2.05, 4.69) is 5.32 Å². The van der Waals surface area contributed by atoms with Crippen LogP contribution in [0.3, 0.4) is 0 Å². The molecule has 0 radical (unpaired) electrons. The van der Waals surface area contributed by atoms with Crippen molar-refractivity contribution in [2.45, 2.75) is 45.7 Å². The number of hydrogen-bond donors (Lipinski definition) is 2. The Bertz CT molecular complexity index is 532. The van der Waals surface area contributed by atoms with Crippen molar-refractivity contribution in [2.24, 2.45) is 11.8 Å². The highest BCUT2D eigenvalue weighted by atomic mass is 32.2. The van der Waals surface area contributed by atoms with E-state index in [9.17, 15) is 18.0 Å². The third-order valence-electron chi connectivity index (χ3n) is 4.52. The van der Waals surface area contributed by atoms with Crippen LogP contribution in [0.2, 0.25) is 0 Å². The fourth-order valence-corrected chi connectivity index (χ4v) is 4.58. The molecule has 23 heavy (non-hydrogen) atoms. The van der Waals surface area contributed by atoms with Crippen LogP contribution in [-0.4, -0.2) is 67.5 Å². The average molecular weight is 348 g/mol. The first kappa shape index (κ1) is 19.9. The van der Waals surface area contributed by atoms with Crippen LogP contribution >= 0.6 is 0 Å². The van der Waals surface area contributed by atoms with Gasteiger partial charge in [-0.3, -0.25) is 9.59 Å². The summed E-state index contributed by atoms with van der Waals surface area (Å²) in [6.45, 7) is 5.86. The number of carbonyl (C=O) groups is 2. The molecule has 7 nitrogen and oxygen atoms in total. The molecule has 0 bridgehead atoms. The van der Waals surface area contributed by atoms with E-state index in [0.29, 0.717) is 12.8 Å². The third kappa shape index (κ3) is 5.46. The van der Waals surface area contributed by atoms with E-state index in [1.165, 1.54) is 4.90 Å². The molecule has 0 aromatic rings. The Morgan fingerprint density at radius 2 is 1.96 bits per heavy atom. The Labute approximate surface area is 138 Å². The zero-order valence-corrected chi connectivity index (χ0v) is 15.1. The normalized spacial score (nSPS) is 22.7. The maximum Gasteiger partial charge on any atom is 0.320 e. The molecule has 0 aliphatic carbocycles. The first-order valence-corrected chi connectivity index (χ1v) is 9.84. The molecule has 1 heterocycles. The summed E-state index contributed by atoms with van der Waals surface area (Å²) in [5, 5.41) is 12.0. The van der Waals surface area contributed by atoms with Crippen LogP contribution in [-0.2, 0) is 19.4 Å². The Morgan fingerprint density at radius 3 is 2.35 bits per heavy atom. The molecule has 1 aliphatic heterocycles. The number of carboxylic acids is 1. The van der Waals surface area contributed by atoms with Crippen LogP contribution in [0.25, 0.3) is 0 Å². The van der Waals surface area contributed by atoms with Gasteiger partial charge in [-0.25, -0.2) is 8.42 Å². The fraction of sp³-hybridized carbons (Fsp3) is 0.867. The third-order valence-corrected chi connectivity index (χ3v) is 6.27. The number of amides is 1. The number of nitrogens with zero attached hydrogens (tertiary/aromatic N) is 1. The molecule has 134 valence electrons. The molecule has 2 N–H and O–H groups in total. The SMILES string of the molecule is CC[C@@H](NC[C@@H](C(=O)N(C)C1CCS(=O)(=O)C1)C(C)C)C(=O)O. The molecule has 1 unspecified atom stereocenters. The number of rotatable bonds is 8. The maximum absolute atomic E-state index is 12.7. The lowest BCUT2D eigenvalue weighted by atomic mass is 9.93. The van der Waals surface area contributed by atoms with Gasteiger partial charge in [0.15, 0.2) is 9.84 Å². The highest BCUT2D eigenvalue weighted by Crippen LogP contribution is 2.21. The summed E-state index contributed by atoms with van der Waals surface area (Å²) >= 11 is 0. The van der Waals surface area contributed by atoms with Crippen molar-refractivity contribution in [3.05, 3.63) is 0 Å². The second kappa shape index (κ2) is 8.10. The molecular formula is C15H28N2O5S. The van der Waals surface area contributed by atoms with Gasteiger partial charge in [0, 0.05) is 19.6 Å². The zero-order valence-electron chi connectivity index (χ0n) is 14.3. The lowest BCUT2D eigenvalue weighted by molar-refractivity contribution is -0.141. The first-order valence-electron chi connectivity index (χ1n) is 8.02. The Hall–Kier alpha value is -1.15. The summed E-state index contributed by atoms with van der Waals surface area (Å²) in [5.74, 6) is -1.28. The first-order chi connectivity index (χ1) is 10.6. The quantitative estimate of drug-likeness (QED) is 0.656. The minimum atomic E-state index is -3.05. The predicted molar refractivity (Wildman–Crippen MR) is 87.9 cm³/mol. The lowest BCUT2D eigenvalue weighted by Crippen LogP contribution is -2.48. The average Bonchev–Trinajstić information content (AvgIpc) is 2.81. The standard InChI is InChI=1S/C15H28N2O5S/c1-5-13(15(19)20)16-8-12(10(2)3)14(18)17(4)11-6-7-23(21,22)9-11/h10-13,16H,5-9H2,1-4H3,(H,19,20)/t11?,12-,13-/m1/s1. The van der Waals surface area contributed by atoms with Gasteiger partial charge in [-0.1, -0.05) is 20.8 Å². The molecule has 0 saturated carbocycles. The molecule has 0 aromatic heterocycles. The van der Waals surface area contributed by atoms with Crippen molar-refractivity contribution >= 4 is 21.7 Å². The summed E-state index contributed by atoms with van der Waals surface area (Å²) in [5.41, 5.74) is 0. The van der Waals surface area contributed by atoms with Gasteiger partial charge in [0.2, 0.25) is 5.91 Å². The van der Waals surface area contributed by atoms with Gasteiger partial charge in [0.05, 0.1) is 17.4 Å². The largest absolute Gasteiger partial charge is 0.480 e. The van der Waals surface area contributed by atoms with Gasteiger partial charge in [0.1, 0.15) is 6.04 Å².